The fraction of sp³-hybridized carbons (Fsp3) is 0.647. The molecule has 1 heterocycles. The Labute approximate surface area is 140 Å². The summed E-state index contributed by atoms with van der Waals surface area (Å²) in [5.41, 5.74) is -0.859. The van der Waals surface area contributed by atoms with Crippen molar-refractivity contribution in [1.82, 2.24) is 9.80 Å². The molecule has 4 nitrogen and oxygen atoms in total. The minimum absolute atomic E-state index is 0.0796. The van der Waals surface area contributed by atoms with Gasteiger partial charge in [0.2, 0.25) is 0 Å². The maximum absolute atomic E-state index is 13.1. The van der Waals surface area contributed by atoms with Crippen LogP contribution in [0.4, 0.5) is 13.2 Å². The van der Waals surface area contributed by atoms with Crippen molar-refractivity contribution in [3.8, 4) is 0 Å². The number of alkyl halides is 3. The van der Waals surface area contributed by atoms with Gasteiger partial charge < -0.3 is 10.2 Å². The summed E-state index contributed by atoms with van der Waals surface area (Å²) in [7, 11) is 0. The molecule has 136 valence electrons. The molecule has 7 heteroatoms. The lowest BCUT2D eigenvalue weighted by atomic mass is 10.0. The number of aliphatic hydroxyl groups is 2. The molecule has 1 aliphatic heterocycles. The van der Waals surface area contributed by atoms with Crippen molar-refractivity contribution in [3.05, 3.63) is 35.4 Å². The minimum Gasteiger partial charge on any atom is -0.392 e. The zero-order valence-corrected chi connectivity index (χ0v) is 14.0. The first kappa shape index (κ1) is 19.2. The van der Waals surface area contributed by atoms with Crippen LogP contribution in [0.5, 0.6) is 0 Å². The smallest absolute Gasteiger partial charge is 0.392 e. The Morgan fingerprint density at radius 1 is 1.17 bits per heavy atom. The topological polar surface area (TPSA) is 46.9 Å². The number of β-amino-alcohol motifs (C(OH)–C–C–N with tert-alkyl or cyclic N) is 2. The van der Waals surface area contributed by atoms with Crippen LogP contribution >= 0.6 is 0 Å². The SMILES string of the molecule is C[C@H](O)CN1CCN(C[C@@H](O)c2ccccc2C(F)(F)F)C[C@H]1C. The number of hydrogen-bond donors (Lipinski definition) is 2. The molecular weight excluding hydrogens is 321 g/mol. The maximum atomic E-state index is 13.1. The van der Waals surface area contributed by atoms with Crippen LogP contribution in [0.25, 0.3) is 0 Å². The highest BCUT2D eigenvalue weighted by Crippen LogP contribution is 2.34. The molecule has 24 heavy (non-hydrogen) atoms. The minimum atomic E-state index is -4.47. The zero-order valence-electron chi connectivity index (χ0n) is 14.0. The monoisotopic (exact) mass is 346 g/mol. The normalized spacial score (nSPS) is 23.2. The van der Waals surface area contributed by atoms with Gasteiger partial charge in [-0.05, 0) is 25.5 Å². The number of nitrogens with zero attached hydrogens (tertiary/aromatic N) is 2. The van der Waals surface area contributed by atoms with E-state index in [4.69, 9.17) is 0 Å². The third kappa shape index (κ3) is 4.92. The highest BCUT2D eigenvalue weighted by molar-refractivity contribution is 5.31. The van der Waals surface area contributed by atoms with Gasteiger partial charge in [0.1, 0.15) is 0 Å². The van der Waals surface area contributed by atoms with Crippen LogP contribution in [0.15, 0.2) is 24.3 Å². The number of halogens is 3. The first-order valence-corrected chi connectivity index (χ1v) is 8.17. The number of hydrogen-bond acceptors (Lipinski definition) is 4. The fourth-order valence-corrected chi connectivity index (χ4v) is 3.24. The van der Waals surface area contributed by atoms with E-state index < -0.39 is 23.9 Å². The van der Waals surface area contributed by atoms with Crippen LogP contribution in [0.3, 0.4) is 0 Å². The summed E-state index contributed by atoms with van der Waals surface area (Å²) in [6.45, 7) is 6.52. The zero-order chi connectivity index (χ0) is 17.9. The van der Waals surface area contributed by atoms with Crippen molar-refractivity contribution < 1.29 is 23.4 Å². The molecule has 0 amide bonds. The highest BCUT2D eigenvalue weighted by atomic mass is 19.4. The molecule has 0 radical (unpaired) electrons. The van der Waals surface area contributed by atoms with Crippen molar-refractivity contribution >= 4 is 0 Å². The van der Waals surface area contributed by atoms with Gasteiger partial charge in [0.05, 0.1) is 17.8 Å². The Balaban J connectivity index is 2.00. The van der Waals surface area contributed by atoms with Gasteiger partial charge >= 0.3 is 6.18 Å². The molecule has 1 aliphatic rings. The average Bonchev–Trinajstić information content (AvgIpc) is 2.49. The van der Waals surface area contributed by atoms with Crippen LogP contribution in [0, 0.1) is 0 Å². The second-order valence-electron chi connectivity index (χ2n) is 6.55. The predicted molar refractivity (Wildman–Crippen MR) is 85.6 cm³/mol. The summed E-state index contributed by atoms with van der Waals surface area (Å²) in [6, 6.07) is 5.35. The van der Waals surface area contributed by atoms with Crippen molar-refractivity contribution in [3.63, 3.8) is 0 Å². The van der Waals surface area contributed by atoms with Gasteiger partial charge in [0.25, 0.3) is 0 Å². The lowest BCUT2D eigenvalue weighted by Crippen LogP contribution is -2.54. The molecule has 0 spiro atoms. The summed E-state index contributed by atoms with van der Waals surface area (Å²) in [5.74, 6) is 0. The molecule has 1 fully saturated rings. The number of rotatable bonds is 5. The molecule has 0 aliphatic carbocycles. The Hall–Kier alpha value is -1.15. The molecule has 2 N–H and O–H groups in total. The van der Waals surface area contributed by atoms with E-state index in [9.17, 15) is 23.4 Å². The van der Waals surface area contributed by atoms with E-state index in [-0.39, 0.29) is 18.2 Å². The van der Waals surface area contributed by atoms with E-state index in [1.807, 2.05) is 11.8 Å². The van der Waals surface area contributed by atoms with E-state index in [1.54, 1.807) is 6.92 Å². The molecule has 3 atom stereocenters. The van der Waals surface area contributed by atoms with Crippen molar-refractivity contribution in [2.75, 3.05) is 32.7 Å². The van der Waals surface area contributed by atoms with E-state index in [1.165, 1.54) is 18.2 Å². The van der Waals surface area contributed by atoms with Gasteiger partial charge in [-0.1, -0.05) is 18.2 Å². The lowest BCUT2D eigenvalue weighted by Gasteiger charge is -2.41. The molecule has 0 unspecified atom stereocenters. The van der Waals surface area contributed by atoms with Gasteiger partial charge in [0.15, 0.2) is 0 Å². The van der Waals surface area contributed by atoms with Crippen LogP contribution in [0.1, 0.15) is 31.1 Å². The summed E-state index contributed by atoms with van der Waals surface area (Å²) < 4.78 is 39.2. The van der Waals surface area contributed by atoms with Gasteiger partial charge in [-0.25, -0.2) is 0 Å². The van der Waals surface area contributed by atoms with Crippen LogP contribution in [-0.4, -0.2) is 64.9 Å². The van der Waals surface area contributed by atoms with Crippen LogP contribution in [0.2, 0.25) is 0 Å². The third-order valence-electron chi connectivity index (χ3n) is 4.40. The maximum Gasteiger partial charge on any atom is 0.416 e. The first-order valence-electron chi connectivity index (χ1n) is 8.17. The Morgan fingerprint density at radius 3 is 2.42 bits per heavy atom. The first-order chi connectivity index (χ1) is 11.2. The van der Waals surface area contributed by atoms with Crippen LogP contribution in [-0.2, 0) is 6.18 Å². The van der Waals surface area contributed by atoms with E-state index in [0.29, 0.717) is 19.6 Å². The quantitative estimate of drug-likeness (QED) is 0.857. The van der Waals surface area contributed by atoms with Crippen molar-refractivity contribution in [1.29, 1.82) is 0 Å². The number of piperazine rings is 1. The van der Waals surface area contributed by atoms with Crippen molar-refractivity contribution in [2.24, 2.45) is 0 Å². The van der Waals surface area contributed by atoms with E-state index in [0.717, 1.165) is 12.6 Å². The highest BCUT2D eigenvalue weighted by Gasteiger charge is 2.35. The summed E-state index contributed by atoms with van der Waals surface area (Å²) >= 11 is 0. The molecule has 0 aromatic heterocycles. The lowest BCUT2D eigenvalue weighted by molar-refractivity contribution is -0.139. The Kier molecular flexibility index (Phi) is 6.25. The fourth-order valence-electron chi connectivity index (χ4n) is 3.24. The van der Waals surface area contributed by atoms with Gasteiger partial charge in [-0.2, -0.15) is 13.2 Å². The van der Waals surface area contributed by atoms with Gasteiger partial charge in [-0.3, -0.25) is 9.80 Å². The summed E-state index contributed by atoms with van der Waals surface area (Å²) in [4.78, 5) is 4.12. The Bertz CT molecular complexity index is 537. The summed E-state index contributed by atoms with van der Waals surface area (Å²) in [5, 5.41) is 19.8. The van der Waals surface area contributed by atoms with E-state index >= 15 is 0 Å². The predicted octanol–water partition coefficient (Wildman–Crippen LogP) is 2.13. The average molecular weight is 346 g/mol. The van der Waals surface area contributed by atoms with Gasteiger partial charge in [0, 0.05) is 38.8 Å². The standard InChI is InChI=1S/C17H25F3N2O2/c1-12-9-21(7-8-22(12)10-13(2)23)11-16(24)14-5-3-4-6-15(14)17(18,19)20/h3-6,12-13,16,23-24H,7-11H2,1-2H3/t12-,13+,16-/m1/s1. The van der Waals surface area contributed by atoms with E-state index in [2.05, 4.69) is 4.90 Å². The molecular formula is C17H25F3N2O2. The van der Waals surface area contributed by atoms with Gasteiger partial charge in [-0.15, -0.1) is 0 Å². The number of benzene rings is 1. The second kappa shape index (κ2) is 7.82. The third-order valence-corrected chi connectivity index (χ3v) is 4.40. The molecule has 0 saturated carbocycles. The van der Waals surface area contributed by atoms with Crippen LogP contribution < -0.4 is 0 Å². The molecule has 1 saturated heterocycles. The Morgan fingerprint density at radius 2 is 1.83 bits per heavy atom. The molecule has 1 aromatic rings. The molecule has 0 bridgehead atoms. The second-order valence-corrected chi connectivity index (χ2v) is 6.55. The summed E-state index contributed by atoms with van der Waals surface area (Å²) in [6.07, 6.45) is -6.07. The largest absolute Gasteiger partial charge is 0.416 e. The molecule has 2 rings (SSSR count). The number of aliphatic hydroxyl groups excluding tert-OH is 2. The van der Waals surface area contributed by atoms with Crippen molar-refractivity contribution in [2.45, 2.75) is 38.3 Å². The molecule has 1 aromatic carbocycles.